The second-order valence-electron chi connectivity index (χ2n) is 3.09. The molecule has 0 unspecified atom stereocenters. The van der Waals surface area contributed by atoms with Gasteiger partial charge >= 0.3 is 0 Å². The van der Waals surface area contributed by atoms with Crippen molar-refractivity contribution >= 4 is 27.2 Å². The fraction of sp³-hybridized carbons (Fsp3) is 0.222. The smallest absolute Gasteiger partial charge is 0.234 e. The van der Waals surface area contributed by atoms with E-state index in [-0.39, 0.29) is 4.91 Å². The molecule has 4 nitrogen and oxygen atoms in total. The van der Waals surface area contributed by atoms with E-state index in [1.807, 2.05) is 0 Å². The Morgan fingerprint density at radius 2 is 2.00 bits per heavy atom. The molecule has 1 rings (SSSR count). The van der Waals surface area contributed by atoms with Gasteiger partial charge in [-0.05, 0) is 31.6 Å². The monoisotopic (exact) mass is 246 g/mol. The molecular weight excluding hydrogens is 236 g/mol. The molecule has 0 aliphatic rings. The van der Waals surface area contributed by atoms with E-state index >= 15 is 0 Å². The summed E-state index contributed by atoms with van der Waals surface area (Å²) in [5.41, 5.74) is 1.07. The number of halogens is 1. The largest absolute Gasteiger partial charge is 0.255 e. The van der Waals surface area contributed by atoms with E-state index in [1.165, 1.54) is 13.1 Å². The normalized spacial score (nSPS) is 13.6. The maximum absolute atomic E-state index is 11.1. The molecule has 6 heteroatoms. The number of primary sulfonamides is 1. The third-order valence-corrected chi connectivity index (χ3v) is 3.45. The van der Waals surface area contributed by atoms with E-state index in [2.05, 4.69) is 4.98 Å². The minimum Gasteiger partial charge on any atom is -0.255 e. The Morgan fingerprint density at radius 1 is 1.40 bits per heavy atom. The van der Waals surface area contributed by atoms with Crippen LogP contribution < -0.4 is 5.14 Å². The van der Waals surface area contributed by atoms with E-state index < -0.39 is 10.0 Å². The van der Waals surface area contributed by atoms with Gasteiger partial charge in [-0.3, -0.25) is 4.98 Å². The molecule has 0 saturated carbocycles. The lowest BCUT2D eigenvalue weighted by atomic mass is 10.2. The molecule has 15 heavy (non-hydrogen) atoms. The van der Waals surface area contributed by atoms with Crippen molar-refractivity contribution in [3.05, 3.63) is 34.0 Å². The van der Waals surface area contributed by atoms with Gasteiger partial charge in [0.1, 0.15) is 0 Å². The summed E-state index contributed by atoms with van der Waals surface area (Å²) in [6, 6.07) is 3.29. The van der Waals surface area contributed by atoms with Gasteiger partial charge in [-0.2, -0.15) is 0 Å². The Hall–Kier alpha value is -0.910. The minimum atomic E-state index is -3.65. The van der Waals surface area contributed by atoms with Crippen LogP contribution in [0.5, 0.6) is 0 Å². The van der Waals surface area contributed by atoms with Crippen LogP contribution in [0.2, 0.25) is 5.02 Å². The average Bonchev–Trinajstić information content (AvgIpc) is 2.15. The van der Waals surface area contributed by atoms with Crippen molar-refractivity contribution in [2.75, 3.05) is 0 Å². The van der Waals surface area contributed by atoms with E-state index in [9.17, 15) is 8.42 Å². The van der Waals surface area contributed by atoms with Gasteiger partial charge < -0.3 is 0 Å². The Kier molecular flexibility index (Phi) is 3.49. The summed E-state index contributed by atoms with van der Waals surface area (Å²) in [4.78, 5) is 4.11. The predicted molar refractivity (Wildman–Crippen MR) is 60.6 cm³/mol. The number of aromatic nitrogens is 1. The van der Waals surface area contributed by atoms with Gasteiger partial charge in [0.25, 0.3) is 0 Å². The molecule has 2 N–H and O–H groups in total. The summed E-state index contributed by atoms with van der Waals surface area (Å²) in [6.07, 6.45) is 1.46. The molecule has 0 amide bonds. The van der Waals surface area contributed by atoms with Gasteiger partial charge in [0.05, 0.1) is 15.6 Å². The number of hydrogen-bond donors (Lipinski definition) is 1. The number of sulfonamides is 1. The van der Waals surface area contributed by atoms with E-state index in [1.54, 1.807) is 19.1 Å². The first-order valence-electron chi connectivity index (χ1n) is 4.14. The Labute approximate surface area is 93.8 Å². The molecule has 0 aliphatic heterocycles. The van der Waals surface area contributed by atoms with Crippen molar-refractivity contribution in [1.29, 1.82) is 0 Å². The molecule has 1 aromatic rings. The quantitative estimate of drug-likeness (QED) is 0.864. The second kappa shape index (κ2) is 4.30. The lowest BCUT2D eigenvalue weighted by molar-refractivity contribution is 0.603. The van der Waals surface area contributed by atoms with Gasteiger partial charge in [-0.25, -0.2) is 13.6 Å². The van der Waals surface area contributed by atoms with Crippen LogP contribution in [0, 0.1) is 0 Å². The molecule has 1 heterocycles. The highest BCUT2D eigenvalue weighted by Gasteiger charge is 2.11. The lowest BCUT2D eigenvalue weighted by Gasteiger charge is -2.05. The molecule has 0 aliphatic carbocycles. The lowest BCUT2D eigenvalue weighted by Crippen LogP contribution is -2.14. The minimum absolute atomic E-state index is 0.109. The molecule has 0 atom stereocenters. The first-order chi connectivity index (χ1) is 6.82. The summed E-state index contributed by atoms with van der Waals surface area (Å²) >= 11 is 5.66. The molecule has 82 valence electrons. The molecule has 0 aromatic carbocycles. The standard InChI is InChI=1S/C9H11ClN2O2S/c1-6(7(2)15(11,13)14)9-4-3-8(10)5-12-9/h3-5H,1-2H3,(H2,11,13,14)/b7-6+. The predicted octanol–water partition coefficient (Wildman–Crippen LogP) is 1.77. The SMILES string of the molecule is C/C(=C(/C)S(N)(=O)=O)c1ccc(Cl)cn1. The molecule has 1 aromatic heterocycles. The fourth-order valence-electron chi connectivity index (χ4n) is 0.991. The molecular formula is C9H11ClN2O2S. The second-order valence-corrected chi connectivity index (χ2v) is 5.23. The maximum atomic E-state index is 11.1. The van der Waals surface area contributed by atoms with Crippen LogP contribution in [0.15, 0.2) is 23.2 Å². The Morgan fingerprint density at radius 3 is 2.40 bits per heavy atom. The zero-order valence-corrected chi connectivity index (χ0v) is 9.93. The number of nitrogens with two attached hydrogens (primary N) is 1. The Balaban J connectivity index is 3.25. The summed E-state index contributed by atoms with van der Waals surface area (Å²) in [5.74, 6) is 0. The highest BCUT2D eigenvalue weighted by molar-refractivity contribution is 7.93. The number of rotatable bonds is 2. The molecule has 0 bridgehead atoms. The number of allylic oxidation sites excluding steroid dienone is 2. The van der Waals surface area contributed by atoms with E-state index in [4.69, 9.17) is 16.7 Å². The maximum Gasteiger partial charge on any atom is 0.234 e. The first kappa shape index (κ1) is 12.2. The fourth-order valence-corrected chi connectivity index (χ4v) is 1.63. The molecule has 0 spiro atoms. The first-order valence-corrected chi connectivity index (χ1v) is 6.07. The van der Waals surface area contributed by atoms with E-state index in [0.29, 0.717) is 16.3 Å². The van der Waals surface area contributed by atoms with Crippen LogP contribution in [0.3, 0.4) is 0 Å². The van der Waals surface area contributed by atoms with Crippen LogP contribution in [-0.2, 0) is 10.0 Å². The van der Waals surface area contributed by atoms with Crippen LogP contribution in [-0.4, -0.2) is 13.4 Å². The zero-order chi connectivity index (χ0) is 11.6. The topological polar surface area (TPSA) is 73.1 Å². The molecule has 0 radical (unpaired) electrons. The third kappa shape index (κ3) is 3.02. The van der Waals surface area contributed by atoms with Crippen molar-refractivity contribution in [1.82, 2.24) is 4.98 Å². The van der Waals surface area contributed by atoms with Gasteiger partial charge in [-0.1, -0.05) is 11.6 Å². The molecule has 0 saturated heterocycles. The zero-order valence-electron chi connectivity index (χ0n) is 8.36. The van der Waals surface area contributed by atoms with Crippen LogP contribution >= 0.6 is 11.6 Å². The number of pyridine rings is 1. The summed E-state index contributed by atoms with van der Waals surface area (Å²) in [5, 5.41) is 5.51. The van der Waals surface area contributed by atoms with Crippen molar-refractivity contribution in [3.63, 3.8) is 0 Å². The third-order valence-electron chi connectivity index (χ3n) is 2.07. The van der Waals surface area contributed by atoms with Crippen molar-refractivity contribution in [3.8, 4) is 0 Å². The van der Waals surface area contributed by atoms with Crippen molar-refractivity contribution in [2.45, 2.75) is 13.8 Å². The highest BCUT2D eigenvalue weighted by atomic mass is 35.5. The molecule has 0 fully saturated rings. The average molecular weight is 247 g/mol. The van der Waals surface area contributed by atoms with Crippen LogP contribution in [0.4, 0.5) is 0 Å². The number of nitrogens with zero attached hydrogens (tertiary/aromatic N) is 1. The van der Waals surface area contributed by atoms with Gasteiger partial charge in [-0.15, -0.1) is 0 Å². The van der Waals surface area contributed by atoms with Gasteiger partial charge in [0.2, 0.25) is 10.0 Å². The highest BCUT2D eigenvalue weighted by Crippen LogP contribution is 2.19. The summed E-state index contributed by atoms with van der Waals surface area (Å²) < 4.78 is 22.2. The number of hydrogen-bond acceptors (Lipinski definition) is 3. The summed E-state index contributed by atoms with van der Waals surface area (Å²) in [7, 11) is -3.65. The van der Waals surface area contributed by atoms with Crippen molar-refractivity contribution in [2.24, 2.45) is 5.14 Å². The van der Waals surface area contributed by atoms with Crippen LogP contribution in [0.1, 0.15) is 19.5 Å². The van der Waals surface area contributed by atoms with Crippen molar-refractivity contribution < 1.29 is 8.42 Å². The van der Waals surface area contributed by atoms with Crippen LogP contribution in [0.25, 0.3) is 5.57 Å². The van der Waals surface area contributed by atoms with E-state index in [0.717, 1.165) is 0 Å². The Bertz CT molecular complexity index is 491. The van der Waals surface area contributed by atoms with Gasteiger partial charge in [0, 0.05) is 6.20 Å². The summed E-state index contributed by atoms with van der Waals surface area (Å²) in [6.45, 7) is 3.09. The van der Waals surface area contributed by atoms with Gasteiger partial charge in [0.15, 0.2) is 0 Å².